The molecule has 0 saturated carbocycles. The molecule has 0 fully saturated rings. The van der Waals surface area contributed by atoms with Crippen LogP contribution in [0.5, 0.6) is 0 Å². The summed E-state index contributed by atoms with van der Waals surface area (Å²) < 4.78 is 4.61. The van der Waals surface area contributed by atoms with Gasteiger partial charge in [-0.15, -0.1) is 0 Å². The first kappa shape index (κ1) is 23.8. The molecule has 0 aromatic carbocycles. The van der Waals surface area contributed by atoms with Gasteiger partial charge in [0.1, 0.15) is 5.78 Å². The Balaban J connectivity index is 3.32. The molecule has 0 rings (SSSR count). The minimum absolute atomic E-state index is 0.113. The van der Waals surface area contributed by atoms with Crippen LogP contribution in [0.4, 0.5) is 0 Å². The number of esters is 1. The van der Waals surface area contributed by atoms with Crippen molar-refractivity contribution in [1.29, 1.82) is 0 Å². The maximum absolute atomic E-state index is 10.9. The molecule has 25 heavy (non-hydrogen) atoms. The quantitative estimate of drug-likeness (QED) is 0.223. The third-order valence-electron chi connectivity index (χ3n) is 4.37. The zero-order chi connectivity index (χ0) is 18.8. The molecule has 0 spiro atoms. The van der Waals surface area contributed by atoms with E-state index in [4.69, 9.17) is 0 Å². The van der Waals surface area contributed by atoms with Gasteiger partial charge in [-0.3, -0.25) is 4.79 Å². The second-order valence-corrected chi connectivity index (χ2v) is 6.90. The standard InChI is InChI=1S/C21H38O4/c1-19(22)15-11-9-10-13-17-20(23)16-12-7-5-3-4-6-8-14-18-21(24)25-2/h7,12,20,23H,3-6,8-11,13-18H2,1-2H3/t20-/m0/s1. The van der Waals surface area contributed by atoms with Crippen molar-refractivity contribution in [3.05, 3.63) is 12.2 Å². The molecule has 0 aromatic heterocycles. The van der Waals surface area contributed by atoms with Crippen LogP contribution in [0.25, 0.3) is 0 Å². The van der Waals surface area contributed by atoms with E-state index in [9.17, 15) is 14.7 Å². The Labute approximate surface area is 154 Å². The van der Waals surface area contributed by atoms with Crippen LogP contribution in [0.2, 0.25) is 0 Å². The van der Waals surface area contributed by atoms with Gasteiger partial charge in [0.2, 0.25) is 0 Å². The lowest BCUT2D eigenvalue weighted by atomic mass is 10.0. The first-order chi connectivity index (χ1) is 12.1. The summed E-state index contributed by atoms with van der Waals surface area (Å²) in [5, 5.41) is 9.92. The van der Waals surface area contributed by atoms with E-state index in [2.05, 4.69) is 16.9 Å². The summed E-state index contributed by atoms with van der Waals surface area (Å²) in [6.45, 7) is 1.64. The zero-order valence-corrected chi connectivity index (χ0v) is 16.3. The average Bonchev–Trinajstić information content (AvgIpc) is 2.59. The highest BCUT2D eigenvalue weighted by Crippen LogP contribution is 2.11. The van der Waals surface area contributed by atoms with Crippen molar-refractivity contribution in [3.63, 3.8) is 0 Å². The van der Waals surface area contributed by atoms with Crippen LogP contribution in [0.3, 0.4) is 0 Å². The molecule has 0 aliphatic carbocycles. The molecule has 0 aliphatic heterocycles. The third kappa shape index (κ3) is 19.0. The summed E-state index contributed by atoms with van der Waals surface area (Å²) in [7, 11) is 1.43. The van der Waals surface area contributed by atoms with Gasteiger partial charge in [-0.1, -0.05) is 50.7 Å². The summed E-state index contributed by atoms with van der Waals surface area (Å²) in [6.07, 6.45) is 17.6. The normalized spacial score (nSPS) is 12.4. The molecule has 4 nitrogen and oxygen atoms in total. The Bertz CT molecular complexity index is 363. The van der Waals surface area contributed by atoms with Crippen LogP contribution >= 0.6 is 0 Å². The van der Waals surface area contributed by atoms with Gasteiger partial charge in [0, 0.05) is 12.8 Å². The van der Waals surface area contributed by atoms with Gasteiger partial charge in [-0.05, 0) is 45.4 Å². The van der Waals surface area contributed by atoms with E-state index in [1.54, 1.807) is 6.92 Å². The summed E-state index contributed by atoms with van der Waals surface area (Å²) >= 11 is 0. The average molecular weight is 355 g/mol. The van der Waals surface area contributed by atoms with E-state index in [0.29, 0.717) is 12.8 Å². The first-order valence-corrected chi connectivity index (χ1v) is 9.95. The summed E-state index contributed by atoms with van der Waals surface area (Å²) in [4.78, 5) is 21.8. The number of Topliss-reactive ketones (excluding diaryl/α,β-unsaturated/α-hetero) is 1. The lowest BCUT2D eigenvalue weighted by molar-refractivity contribution is -0.140. The van der Waals surface area contributed by atoms with Crippen LogP contribution in [-0.4, -0.2) is 30.1 Å². The number of aliphatic hydroxyl groups is 1. The van der Waals surface area contributed by atoms with Crippen LogP contribution in [0.15, 0.2) is 12.2 Å². The summed E-state index contributed by atoms with van der Waals surface area (Å²) in [6, 6.07) is 0. The SMILES string of the molecule is COC(=O)CCCCCCCC=CC[C@H](O)CCCCCCC(C)=O. The van der Waals surface area contributed by atoms with E-state index in [1.807, 2.05) is 0 Å². The maximum atomic E-state index is 10.9. The number of methoxy groups -OCH3 is 1. The van der Waals surface area contributed by atoms with Gasteiger partial charge in [-0.2, -0.15) is 0 Å². The Morgan fingerprint density at radius 3 is 2.16 bits per heavy atom. The van der Waals surface area contributed by atoms with Gasteiger partial charge in [0.25, 0.3) is 0 Å². The molecule has 0 amide bonds. The number of carbonyl (C=O) groups excluding carboxylic acids is 2. The van der Waals surface area contributed by atoms with Crippen LogP contribution in [0, 0.1) is 0 Å². The van der Waals surface area contributed by atoms with E-state index in [-0.39, 0.29) is 17.9 Å². The number of aliphatic hydroxyl groups excluding tert-OH is 1. The third-order valence-corrected chi connectivity index (χ3v) is 4.37. The molecule has 0 unspecified atom stereocenters. The Morgan fingerprint density at radius 1 is 0.880 bits per heavy atom. The summed E-state index contributed by atoms with van der Waals surface area (Å²) in [5.74, 6) is 0.156. The number of hydrogen-bond acceptors (Lipinski definition) is 4. The van der Waals surface area contributed by atoms with Gasteiger partial charge in [-0.25, -0.2) is 0 Å². The van der Waals surface area contributed by atoms with Crippen molar-refractivity contribution in [3.8, 4) is 0 Å². The monoisotopic (exact) mass is 354 g/mol. The second-order valence-electron chi connectivity index (χ2n) is 6.90. The topological polar surface area (TPSA) is 63.6 Å². The molecule has 1 atom stereocenters. The lowest BCUT2D eigenvalue weighted by Gasteiger charge is -2.07. The lowest BCUT2D eigenvalue weighted by Crippen LogP contribution is -2.04. The zero-order valence-electron chi connectivity index (χ0n) is 16.3. The predicted molar refractivity (Wildman–Crippen MR) is 102 cm³/mol. The molecule has 4 heteroatoms. The summed E-state index contributed by atoms with van der Waals surface area (Å²) in [5.41, 5.74) is 0. The van der Waals surface area contributed by atoms with Gasteiger partial charge < -0.3 is 14.6 Å². The number of ketones is 1. The van der Waals surface area contributed by atoms with E-state index >= 15 is 0 Å². The number of ether oxygens (including phenoxy) is 1. The van der Waals surface area contributed by atoms with Crippen molar-refractivity contribution in [2.45, 2.75) is 103 Å². The molecule has 0 aliphatic rings. The number of hydrogen-bond donors (Lipinski definition) is 1. The molecule has 146 valence electrons. The Hall–Kier alpha value is -1.16. The molecular weight excluding hydrogens is 316 g/mol. The van der Waals surface area contributed by atoms with Crippen LogP contribution in [-0.2, 0) is 14.3 Å². The minimum Gasteiger partial charge on any atom is -0.469 e. The highest BCUT2D eigenvalue weighted by molar-refractivity contribution is 5.75. The molecule has 0 radical (unpaired) electrons. The first-order valence-electron chi connectivity index (χ1n) is 9.95. The van der Waals surface area contributed by atoms with Crippen molar-refractivity contribution in [2.24, 2.45) is 0 Å². The number of allylic oxidation sites excluding steroid dienone is 1. The fourth-order valence-corrected chi connectivity index (χ4v) is 2.76. The van der Waals surface area contributed by atoms with Crippen LogP contribution in [0.1, 0.15) is 96.8 Å². The fourth-order valence-electron chi connectivity index (χ4n) is 2.76. The number of carbonyl (C=O) groups is 2. The molecule has 0 aromatic rings. The fraction of sp³-hybridized carbons (Fsp3) is 0.810. The highest BCUT2D eigenvalue weighted by atomic mass is 16.5. The van der Waals surface area contributed by atoms with Crippen LogP contribution < -0.4 is 0 Å². The minimum atomic E-state index is -0.234. The van der Waals surface area contributed by atoms with Crippen molar-refractivity contribution in [2.75, 3.05) is 7.11 Å². The Kier molecular flexibility index (Phi) is 16.8. The number of rotatable bonds is 17. The van der Waals surface area contributed by atoms with Crippen molar-refractivity contribution in [1.82, 2.24) is 0 Å². The Morgan fingerprint density at radius 2 is 1.48 bits per heavy atom. The van der Waals surface area contributed by atoms with E-state index < -0.39 is 0 Å². The predicted octanol–water partition coefficient (Wildman–Crippen LogP) is 5.13. The van der Waals surface area contributed by atoms with Crippen molar-refractivity contribution >= 4 is 11.8 Å². The van der Waals surface area contributed by atoms with Gasteiger partial charge >= 0.3 is 5.97 Å². The van der Waals surface area contributed by atoms with Crippen molar-refractivity contribution < 1.29 is 19.4 Å². The van der Waals surface area contributed by atoms with Gasteiger partial charge in [0.15, 0.2) is 0 Å². The second kappa shape index (κ2) is 17.7. The molecule has 0 heterocycles. The number of unbranched alkanes of at least 4 members (excludes halogenated alkanes) is 8. The maximum Gasteiger partial charge on any atom is 0.305 e. The molecule has 0 saturated heterocycles. The van der Waals surface area contributed by atoms with E-state index in [0.717, 1.165) is 64.2 Å². The van der Waals surface area contributed by atoms with Gasteiger partial charge in [0.05, 0.1) is 13.2 Å². The smallest absolute Gasteiger partial charge is 0.305 e. The largest absolute Gasteiger partial charge is 0.469 e. The van der Waals surface area contributed by atoms with E-state index in [1.165, 1.54) is 20.0 Å². The highest BCUT2D eigenvalue weighted by Gasteiger charge is 2.02. The molecular formula is C21H38O4. The molecule has 1 N–H and O–H groups in total. The molecule has 0 bridgehead atoms.